The topological polar surface area (TPSA) is 29.5 Å². The van der Waals surface area contributed by atoms with Gasteiger partial charge in [0.05, 0.1) is 6.10 Å². The Labute approximate surface area is 82.1 Å². The van der Waals surface area contributed by atoms with Crippen LogP contribution in [0.15, 0.2) is 18.2 Å². The van der Waals surface area contributed by atoms with Gasteiger partial charge in [0.2, 0.25) is 0 Å². The molecule has 0 heterocycles. The molecule has 3 heteroatoms. The summed E-state index contributed by atoms with van der Waals surface area (Å²) < 4.78 is 5.53. The molecule has 2 nitrogen and oxygen atoms in total. The molecule has 0 atom stereocenters. The Bertz CT molecular complexity index is 308. The molecule has 13 heavy (non-hydrogen) atoms. The average molecular weight is 199 g/mol. The summed E-state index contributed by atoms with van der Waals surface area (Å²) in [4.78, 5) is 0. The van der Waals surface area contributed by atoms with E-state index in [1.54, 1.807) is 18.2 Å². The number of hydrogen-bond donors (Lipinski definition) is 1. The minimum Gasteiger partial charge on any atom is -0.504 e. The molecule has 70 valence electrons. The molecule has 0 radical (unpaired) electrons. The van der Waals surface area contributed by atoms with E-state index in [1.165, 1.54) is 6.42 Å². The summed E-state index contributed by atoms with van der Waals surface area (Å²) in [6.45, 7) is 0. The number of phenols is 1. The Balaban J connectivity index is 2.13. The van der Waals surface area contributed by atoms with Crippen LogP contribution in [0.3, 0.4) is 0 Å². The highest BCUT2D eigenvalue weighted by atomic mass is 35.5. The number of ether oxygens (including phenoxy) is 1. The van der Waals surface area contributed by atoms with Gasteiger partial charge < -0.3 is 9.84 Å². The van der Waals surface area contributed by atoms with Gasteiger partial charge in [0.15, 0.2) is 11.5 Å². The third-order valence-electron chi connectivity index (χ3n) is 2.27. The summed E-state index contributed by atoms with van der Waals surface area (Å²) in [7, 11) is 0. The molecule has 1 N–H and O–H groups in total. The first-order chi connectivity index (χ1) is 6.25. The van der Waals surface area contributed by atoms with Crippen LogP contribution in [0.1, 0.15) is 19.3 Å². The van der Waals surface area contributed by atoms with Crippen molar-refractivity contribution in [2.75, 3.05) is 0 Å². The van der Waals surface area contributed by atoms with Crippen molar-refractivity contribution in [2.24, 2.45) is 0 Å². The fourth-order valence-corrected chi connectivity index (χ4v) is 1.41. The summed E-state index contributed by atoms with van der Waals surface area (Å²) in [5.41, 5.74) is 0. The Morgan fingerprint density at radius 1 is 1.38 bits per heavy atom. The van der Waals surface area contributed by atoms with Gasteiger partial charge in [-0.15, -0.1) is 0 Å². The zero-order valence-electron chi connectivity index (χ0n) is 7.16. The molecular weight excluding hydrogens is 188 g/mol. The Morgan fingerprint density at radius 3 is 2.77 bits per heavy atom. The molecular formula is C10H11ClO2. The maximum atomic E-state index is 9.42. The van der Waals surface area contributed by atoms with Gasteiger partial charge in [0, 0.05) is 11.1 Å². The van der Waals surface area contributed by atoms with Crippen molar-refractivity contribution in [3.05, 3.63) is 23.2 Å². The SMILES string of the molecule is Oc1ccc(Cl)cc1OC1CCC1. The molecule has 0 amide bonds. The minimum atomic E-state index is 0.163. The zero-order chi connectivity index (χ0) is 9.26. The molecule has 2 rings (SSSR count). The van der Waals surface area contributed by atoms with Crippen molar-refractivity contribution in [3.63, 3.8) is 0 Å². The van der Waals surface area contributed by atoms with E-state index in [9.17, 15) is 5.11 Å². The van der Waals surface area contributed by atoms with Gasteiger partial charge in [0.25, 0.3) is 0 Å². The Hall–Kier alpha value is -0.890. The molecule has 1 aliphatic rings. The second-order valence-electron chi connectivity index (χ2n) is 3.28. The highest BCUT2D eigenvalue weighted by Gasteiger charge is 2.20. The van der Waals surface area contributed by atoms with Crippen molar-refractivity contribution in [3.8, 4) is 11.5 Å². The van der Waals surface area contributed by atoms with Crippen LogP contribution < -0.4 is 4.74 Å². The average Bonchev–Trinajstić information content (AvgIpc) is 2.03. The lowest BCUT2D eigenvalue weighted by molar-refractivity contribution is 0.116. The highest BCUT2D eigenvalue weighted by molar-refractivity contribution is 6.30. The van der Waals surface area contributed by atoms with E-state index < -0.39 is 0 Å². The number of halogens is 1. The first kappa shape index (κ1) is 8.70. The first-order valence-corrected chi connectivity index (χ1v) is 4.78. The van der Waals surface area contributed by atoms with E-state index >= 15 is 0 Å². The van der Waals surface area contributed by atoms with E-state index in [0.717, 1.165) is 12.8 Å². The zero-order valence-corrected chi connectivity index (χ0v) is 7.92. The van der Waals surface area contributed by atoms with Crippen molar-refractivity contribution < 1.29 is 9.84 Å². The highest BCUT2D eigenvalue weighted by Crippen LogP contribution is 2.33. The Morgan fingerprint density at radius 2 is 2.15 bits per heavy atom. The van der Waals surface area contributed by atoms with Crippen LogP contribution in [0.2, 0.25) is 5.02 Å². The molecule has 0 aromatic heterocycles. The van der Waals surface area contributed by atoms with Gasteiger partial charge >= 0.3 is 0 Å². The quantitative estimate of drug-likeness (QED) is 0.792. The molecule has 1 aromatic rings. The number of rotatable bonds is 2. The van der Waals surface area contributed by atoms with Crippen molar-refractivity contribution >= 4 is 11.6 Å². The summed E-state index contributed by atoms with van der Waals surface area (Å²) in [6, 6.07) is 4.84. The summed E-state index contributed by atoms with van der Waals surface area (Å²) in [5, 5.41) is 10.0. The second kappa shape index (κ2) is 3.46. The summed E-state index contributed by atoms with van der Waals surface area (Å²) >= 11 is 5.77. The summed E-state index contributed by atoms with van der Waals surface area (Å²) in [5.74, 6) is 0.661. The fourth-order valence-electron chi connectivity index (χ4n) is 1.25. The van der Waals surface area contributed by atoms with E-state index in [1.807, 2.05) is 0 Å². The lowest BCUT2D eigenvalue weighted by Crippen LogP contribution is -2.24. The Kier molecular flexibility index (Phi) is 2.32. The van der Waals surface area contributed by atoms with E-state index in [0.29, 0.717) is 10.8 Å². The number of hydrogen-bond acceptors (Lipinski definition) is 2. The van der Waals surface area contributed by atoms with E-state index in [4.69, 9.17) is 16.3 Å². The first-order valence-electron chi connectivity index (χ1n) is 4.41. The van der Waals surface area contributed by atoms with Crippen LogP contribution in [0, 0.1) is 0 Å². The van der Waals surface area contributed by atoms with Crippen molar-refractivity contribution in [1.82, 2.24) is 0 Å². The van der Waals surface area contributed by atoms with E-state index in [-0.39, 0.29) is 11.9 Å². The van der Waals surface area contributed by atoms with Crippen LogP contribution in [0.4, 0.5) is 0 Å². The van der Waals surface area contributed by atoms with E-state index in [2.05, 4.69) is 0 Å². The van der Waals surface area contributed by atoms with Crippen LogP contribution in [0.25, 0.3) is 0 Å². The fraction of sp³-hybridized carbons (Fsp3) is 0.400. The standard InChI is InChI=1S/C10H11ClO2/c11-7-4-5-9(12)10(6-7)13-8-2-1-3-8/h4-6,8,12H,1-3H2. The lowest BCUT2D eigenvalue weighted by atomic mass is 9.96. The maximum absolute atomic E-state index is 9.42. The second-order valence-corrected chi connectivity index (χ2v) is 3.72. The number of aromatic hydroxyl groups is 1. The van der Waals surface area contributed by atoms with Crippen LogP contribution in [0.5, 0.6) is 11.5 Å². The molecule has 1 aromatic carbocycles. The molecule has 0 unspecified atom stereocenters. The van der Waals surface area contributed by atoms with Crippen molar-refractivity contribution in [1.29, 1.82) is 0 Å². The monoisotopic (exact) mass is 198 g/mol. The molecule has 1 saturated carbocycles. The maximum Gasteiger partial charge on any atom is 0.162 e. The van der Waals surface area contributed by atoms with Gasteiger partial charge in [-0.25, -0.2) is 0 Å². The molecule has 1 fully saturated rings. The van der Waals surface area contributed by atoms with Gasteiger partial charge in [-0.1, -0.05) is 11.6 Å². The molecule has 0 bridgehead atoms. The largest absolute Gasteiger partial charge is 0.504 e. The van der Waals surface area contributed by atoms with Crippen LogP contribution in [-0.4, -0.2) is 11.2 Å². The molecule has 1 aliphatic carbocycles. The van der Waals surface area contributed by atoms with Gasteiger partial charge in [0.1, 0.15) is 0 Å². The summed E-state index contributed by atoms with van der Waals surface area (Å²) in [6.07, 6.45) is 3.63. The predicted octanol–water partition coefficient (Wildman–Crippen LogP) is 2.98. The normalized spacial score (nSPS) is 16.7. The van der Waals surface area contributed by atoms with Crippen LogP contribution in [-0.2, 0) is 0 Å². The molecule has 0 spiro atoms. The van der Waals surface area contributed by atoms with Gasteiger partial charge in [-0.2, -0.15) is 0 Å². The molecule has 0 aliphatic heterocycles. The minimum absolute atomic E-state index is 0.163. The number of phenolic OH excluding ortho intramolecular Hbond substituents is 1. The van der Waals surface area contributed by atoms with Gasteiger partial charge in [-0.3, -0.25) is 0 Å². The lowest BCUT2D eigenvalue weighted by Gasteiger charge is -2.26. The molecule has 0 saturated heterocycles. The predicted molar refractivity (Wildman–Crippen MR) is 51.4 cm³/mol. The smallest absolute Gasteiger partial charge is 0.162 e. The van der Waals surface area contributed by atoms with Crippen LogP contribution >= 0.6 is 11.6 Å². The van der Waals surface area contributed by atoms with Crippen molar-refractivity contribution in [2.45, 2.75) is 25.4 Å². The third kappa shape index (κ3) is 1.89. The van der Waals surface area contributed by atoms with Gasteiger partial charge in [-0.05, 0) is 31.4 Å². The number of benzene rings is 1. The third-order valence-corrected chi connectivity index (χ3v) is 2.50.